The molecule has 0 spiro atoms. The second kappa shape index (κ2) is 8.56. The summed E-state index contributed by atoms with van der Waals surface area (Å²) in [5, 5.41) is 6.87. The van der Waals surface area contributed by atoms with Gasteiger partial charge in [0.05, 0.1) is 12.6 Å². The van der Waals surface area contributed by atoms with Crippen LogP contribution in [-0.4, -0.2) is 36.3 Å². The van der Waals surface area contributed by atoms with Crippen LogP contribution in [0.3, 0.4) is 0 Å². The molecule has 1 fully saturated rings. The van der Waals surface area contributed by atoms with E-state index in [9.17, 15) is 0 Å². The molecule has 1 aliphatic heterocycles. The summed E-state index contributed by atoms with van der Waals surface area (Å²) in [6, 6.07) is 2.11. The maximum Gasteiger partial charge on any atom is 0.191 e. The Labute approximate surface area is 146 Å². The summed E-state index contributed by atoms with van der Waals surface area (Å²) in [6.07, 6.45) is 6.83. The van der Waals surface area contributed by atoms with Crippen LogP contribution in [0.25, 0.3) is 0 Å². The fraction of sp³-hybridized carbons (Fsp3) is 0.737. The molecule has 1 aromatic heterocycles. The number of nitrogens with zero attached hydrogens (tertiary/aromatic N) is 2. The molecule has 2 heterocycles. The lowest BCUT2D eigenvalue weighted by Gasteiger charge is -2.40. The number of hydrogen-bond acceptors (Lipinski definition) is 2. The minimum absolute atomic E-state index is 0.173. The number of ether oxygens (including phenoxy) is 1. The third-order valence-electron chi connectivity index (χ3n) is 4.49. The lowest BCUT2D eigenvalue weighted by Crippen LogP contribution is -2.47. The van der Waals surface area contributed by atoms with Gasteiger partial charge in [-0.2, -0.15) is 0 Å². The lowest BCUT2D eigenvalue weighted by atomic mass is 9.78. The quantitative estimate of drug-likeness (QED) is 0.643. The van der Waals surface area contributed by atoms with Gasteiger partial charge in [0, 0.05) is 45.1 Å². The molecular formula is C19H34N4O. The van der Waals surface area contributed by atoms with Gasteiger partial charge in [-0.3, -0.25) is 0 Å². The molecule has 136 valence electrons. The molecule has 1 aromatic rings. The van der Waals surface area contributed by atoms with Crippen LogP contribution in [0.5, 0.6) is 0 Å². The van der Waals surface area contributed by atoms with Gasteiger partial charge < -0.3 is 19.9 Å². The first-order valence-corrected chi connectivity index (χ1v) is 9.14. The molecule has 0 radical (unpaired) electrons. The Hall–Kier alpha value is -1.49. The molecule has 2 rings (SSSR count). The van der Waals surface area contributed by atoms with Crippen LogP contribution in [0.1, 0.15) is 46.1 Å². The summed E-state index contributed by atoms with van der Waals surface area (Å²) in [5.41, 5.74) is 1.40. The van der Waals surface area contributed by atoms with E-state index in [4.69, 9.17) is 9.73 Å². The van der Waals surface area contributed by atoms with Gasteiger partial charge in [0.15, 0.2) is 5.96 Å². The Morgan fingerprint density at radius 1 is 1.38 bits per heavy atom. The van der Waals surface area contributed by atoms with Gasteiger partial charge in [-0.15, -0.1) is 0 Å². The zero-order chi connectivity index (χ0) is 17.6. The van der Waals surface area contributed by atoms with Crippen molar-refractivity contribution in [1.29, 1.82) is 0 Å². The van der Waals surface area contributed by atoms with E-state index in [1.54, 1.807) is 0 Å². The van der Waals surface area contributed by atoms with Crippen LogP contribution < -0.4 is 10.6 Å². The number of hydrogen-bond donors (Lipinski definition) is 2. The van der Waals surface area contributed by atoms with Gasteiger partial charge >= 0.3 is 0 Å². The van der Waals surface area contributed by atoms with E-state index in [2.05, 4.69) is 61.4 Å². The van der Waals surface area contributed by atoms with Crippen molar-refractivity contribution < 1.29 is 4.74 Å². The second-order valence-electron chi connectivity index (χ2n) is 7.82. The van der Waals surface area contributed by atoms with Gasteiger partial charge in [-0.05, 0) is 36.8 Å². The molecule has 0 bridgehead atoms. The standard InChI is InChI=1S/C19H34N4O/c1-6-20-18(21-12-15-9-10-23(5)14-15)22-13-16-8-7-11-24-17(16)19(2,3)4/h9-10,14,16-17H,6-8,11-13H2,1-5H3,(H2,20,21,22). The molecule has 2 unspecified atom stereocenters. The fourth-order valence-electron chi connectivity index (χ4n) is 3.40. The predicted octanol–water partition coefficient (Wildman–Crippen LogP) is 2.92. The SMILES string of the molecule is CCNC(=NCc1ccn(C)c1)NCC1CCCOC1C(C)(C)C. The summed E-state index contributed by atoms with van der Waals surface area (Å²) in [5.74, 6) is 1.42. The number of nitrogens with one attached hydrogen (secondary N) is 2. The molecule has 2 N–H and O–H groups in total. The van der Waals surface area contributed by atoms with E-state index in [-0.39, 0.29) is 5.41 Å². The number of rotatable bonds is 5. The van der Waals surface area contributed by atoms with Crippen molar-refractivity contribution in [2.24, 2.45) is 23.4 Å². The van der Waals surface area contributed by atoms with Crippen LogP contribution in [-0.2, 0) is 18.3 Å². The third-order valence-corrected chi connectivity index (χ3v) is 4.49. The average molecular weight is 335 g/mol. The van der Waals surface area contributed by atoms with Crippen LogP contribution in [0, 0.1) is 11.3 Å². The Balaban J connectivity index is 1.94. The number of aryl methyl sites for hydroxylation is 1. The number of guanidine groups is 1. The van der Waals surface area contributed by atoms with Gasteiger partial charge in [0.25, 0.3) is 0 Å². The summed E-state index contributed by atoms with van der Waals surface area (Å²) in [4.78, 5) is 4.71. The zero-order valence-corrected chi connectivity index (χ0v) is 15.9. The van der Waals surface area contributed by atoms with Gasteiger partial charge in [-0.25, -0.2) is 4.99 Å². The first kappa shape index (κ1) is 18.8. The van der Waals surface area contributed by atoms with Crippen molar-refractivity contribution in [3.8, 4) is 0 Å². The van der Waals surface area contributed by atoms with Crippen molar-refractivity contribution in [2.75, 3.05) is 19.7 Å². The fourth-order valence-corrected chi connectivity index (χ4v) is 3.40. The Morgan fingerprint density at radius 3 is 2.79 bits per heavy atom. The minimum atomic E-state index is 0.173. The first-order chi connectivity index (χ1) is 11.4. The zero-order valence-electron chi connectivity index (χ0n) is 15.9. The molecule has 0 aliphatic carbocycles. The van der Waals surface area contributed by atoms with E-state index in [0.29, 0.717) is 18.6 Å². The van der Waals surface area contributed by atoms with Crippen molar-refractivity contribution in [3.05, 3.63) is 24.0 Å². The average Bonchev–Trinajstić information content (AvgIpc) is 2.95. The van der Waals surface area contributed by atoms with Crippen LogP contribution in [0.15, 0.2) is 23.5 Å². The predicted molar refractivity (Wildman–Crippen MR) is 100 cm³/mol. The van der Waals surface area contributed by atoms with Crippen LogP contribution in [0.4, 0.5) is 0 Å². The molecule has 24 heavy (non-hydrogen) atoms. The summed E-state index contributed by atoms with van der Waals surface area (Å²) < 4.78 is 8.13. The summed E-state index contributed by atoms with van der Waals surface area (Å²) >= 11 is 0. The minimum Gasteiger partial charge on any atom is -0.377 e. The van der Waals surface area contributed by atoms with E-state index in [1.165, 1.54) is 12.0 Å². The van der Waals surface area contributed by atoms with E-state index in [1.807, 2.05) is 7.05 Å². The van der Waals surface area contributed by atoms with Gasteiger partial charge in [0.2, 0.25) is 0 Å². The van der Waals surface area contributed by atoms with Crippen LogP contribution in [0.2, 0.25) is 0 Å². The Kier molecular flexibility index (Phi) is 6.72. The molecular weight excluding hydrogens is 300 g/mol. The molecule has 0 amide bonds. The number of aromatic nitrogens is 1. The highest BCUT2D eigenvalue weighted by molar-refractivity contribution is 5.79. The summed E-state index contributed by atoms with van der Waals surface area (Å²) in [7, 11) is 2.03. The number of aliphatic imine (C=N–C) groups is 1. The highest BCUT2D eigenvalue weighted by Gasteiger charge is 2.35. The van der Waals surface area contributed by atoms with E-state index >= 15 is 0 Å². The molecule has 2 atom stereocenters. The highest BCUT2D eigenvalue weighted by atomic mass is 16.5. The van der Waals surface area contributed by atoms with Crippen molar-refractivity contribution in [2.45, 2.75) is 53.2 Å². The topological polar surface area (TPSA) is 50.6 Å². The molecule has 5 nitrogen and oxygen atoms in total. The van der Waals surface area contributed by atoms with Crippen LogP contribution >= 0.6 is 0 Å². The highest BCUT2D eigenvalue weighted by Crippen LogP contribution is 2.33. The van der Waals surface area contributed by atoms with Crippen molar-refractivity contribution in [3.63, 3.8) is 0 Å². The third kappa shape index (κ3) is 5.55. The Bertz CT molecular complexity index is 530. The van der Waals surface area contributed by atoms with E-state index in [0.717, 1.165) is 32.1 Å². The maximum atomic E-state index is 6.08. The molecule has 1 saturated heterocycles. The molecule has 5 heteroatoms. The molecule has 1 aliphatic rings. The summed E-state index contributed by atoms with van der Waals surface area (Å²) in [6.45, 7) is 12.3. The molecule has 0 saturated carbocycles. The Morgan fingerprint density at radius 2 is 2.17 bits per heavy atom. The smallest absolute Gasteiger partial charge is 0.191 e. The van der Waals surface area contributed by atoms with Gasteiger partial charge in [-0.1, -0.05) is 20.8 Å². The second-order valence-corrected chi connectivity index (χ2v) is 7.82. The monoisotopic (exact) mass is 334 g/mol. The lowest BCUT2D eigenvalue weighted by molar-refractivity contribution is -0.0835. The maximum absolute atomic E-state index is 6.08. The molecule has 0 aromatic carbocycles. The van der Waals surface area contributed by atoms with Crippen molar-refractivity contribution in [1.82, 2.24) is 15.2 Å². The normalized spacial score (nSPS) is 22.5. The first-order valence-electron chi connectivity index (χ1n) is 9.14. The largest absolute Gasteiger partial charge is 0.377 e. The van der Waals surface area contributed by atoms with Gasteiger partial charge in [0.1, 0.15) is 0 Å². The van der Waals surface area contributed by atoms with E-state index < -0.39 is 0 Å². The van der Waals surface area contributed by atoms with Crippen molar-refractivity contribution >= 4 is 5.96 Å².